The molecule has 0 fully saturated rings. The van der Waals surface area contributed by atoms with Crippen molar-refractivity contribution in [3.63, 3.8) is 0 Å². The summed E-state index contributed by atoms with van der Waals surface area (Å²) in [6, 6.07) is 0. The van der Waals surface area contributed by atoms with Crippen molar-refractivity contribution in [2.24, 2.45) is 4.40 Å². The van der Waals surface area contributed by atoms with Gasteiger partial charge in [-0.2, -0.15) is 4.40 Å². The van der Waals surface area contributed by atoms with E-state index < -0.39 is 11.0 Å². The second-order valence-corrected chi connectivity index (χ2v) is 4.69. The molecule has 0 bridgehead atoms. The van der Waals surface area contributed by atoms with Crippen LogP contribution in [0.3, 0.4) is 0 Å². The average molecular weight is 213 g/mol. The van der Waals surface area contributed by atoms with Crippen LogP contribution in [-0.2, 0) is 11.0 Å². The van der Waals surface area contributed by atoms with E-state index in [1.165, 1.54) is 38.5 Å². The topological polar surface area (TPSA) is 29.4 Å². The molecule has 0 aliphatic carbocycles. The number of allylic oxidation sites excluding steroid dienone is 1. The third-order valence-electron chi connectivity index (χ3n) is 2.37. The standard InChI is InChI=1S/C11H19NOS/c1-2-3-4-5-6-7-8-11-9-10-14(13)12-11/h9-10H,2-8H2,1H3. The second kappa shape index (κ2) is 6.93. The van der Waals surface area contributed by atoms with E-state index in [-0.39, 0.29) is 0 Å². The Hall–Kier alpha value is -0.440. The fraction of sp³-hybridized carbons (Fsp3) is 0.727. The van der Waals surface area contributed by atoms with E-state index in [1.54, 1.807) is 5.41 Å². The van der Waals surface area contributed by atoms with Gasteiger partial charge in [0.05, 0.1) is 5.71 Å². The Kier molecular flexibility index (Phi) is 5.76. The molecule has 2 nitrogen and oxygen atoms in total. The number of hydrogen-bond acceptors (Lipinski definition) is 1. The molecule has 0 N–H and O–H groups in total. The Morgan fingerprint density at radius 1 is 1.21 bits per heavy atom. The van der Waals surface area contributed by atoms with Crippen molar-refractivity contribution in [2.45, 2.75) is 51.9 Å². The van der Waals surface area contributed by atoms with Crippen LogP contribution in [0.15, 0.2) is 15.9 Å². The van der Waals surface area contributed by atoms with Crippen LogP contribution < -0.4 is 0 Å². The number of rotatable bonds is 7. The summed E-state index contributed by atoms with van der Waals surface area (Å²) in [4.78, 5) is 0. The van der Waals surface area contributed by atoms with Gasteiger partial charge in [0.1, 0.15) is 0 Å². The van der Waals surface area contributed by atoms with E-state index in [0.29, 0.717) is 0 Å². The summed E-state index contributed by atoms with van der Waals surface area (Å²) in [6.45, 7) is 2.23. The molecule has 1 atom stereocenters. The quantitative estimate of drug-likeness (QED) is 0.596. The largest absolute Gasteiger partial charge is 0.230 e. The molecule has 1 unspecified atom stereocenters. The van der Waals surface area contributed by atoms with Crippen molar-refractivity contribution >= 4 is 16.7 Å². The first-order valence-electron chi connectivity index (χ1n) is 5.49. The van der Waals surface area contributed by atoms with Crippen molar-refractivity contribution in [2.75, 3.05) is 0 Å². The highest BCUT2D eigenvalue weighted by Gasteiger charge is 2.04. The lowest BCUT2D eigenvalue weighted by Gasteiger charge is -1.99. The molecule has 1 heterocycles. The van der Waals surface area contributed by atoms with E-state index >= 15 is 0 Å². The Morgan fingerprint density at radius 3 is 2.57 bits per heavy atom. The second-order valence-electron chi connectivity index (χ2n) is 3.68. The van der Waals surface area contributed by atoms with Crippen LogP contribution in [0.25, 0.3) is 0 Å². The fourth-order valence-corrected chi connectivity index (χ4v) is 2.25. The van der Waals surface area contributed by atoms with Crippen LogP contribution in [-0.4, -0.2) is 9.92 Å². The van der Waals surface area contributed by atoms with E-state index in [2.05, 4.69) is 11.3 Å². The van der Waals surface area contributed by atoms with Gasteiger partial charge in [0, 0.05) is 5.41 Å². The Bertz CT molecular complexity index is 246. The van der Waals surface area contributed by atoms with Crippen molar-refractivity contribution < 1.29 is 4.21 Å². The summed E-state index contributed by atoms with van der Waals surface area (Å²) in [7, 11) is -1.06. The predicted octanol–water partition coefficient (Wildman–Crippen LogP) is 3.37. The third-order valence-corrected chi connectivity index (χ3v) is 3.15. The van der Waals surface area contributed by atoms with Crippen LogP contribution in [0.2, 0.25) is 0 Å². The molecule has 0 aromatic heterocycles. The predicted molar refractivity (Wildman–Crippen MR) is 62.7 cm³/mol. The van der Waals surface area contributed by atoms with Crippen LogP contribution >= 0.6 is 0 Å². The van der Waals surface area contributed by atoms with Gasteiger partial charge in [0.25, 0.3) is 0 Å². The molecule has 0 spiro atoms. The van der Waals surface area contributed by atoms with E-state index in [1.807, 2.05) is 6.08 Å². The molecule has 0 radical (unpaired) electrons. The van der Waals surface area contributed by atoms with Gasteiger partial charge in [0.15, 0.2) is 11.0 Å². The molecule has 0 amide bonds. The molecule has 1 aliphatic heterocycles. The van der Waals surface area contributed by atoms with E-state index in [4.69, 9.17) is 0 Å². The highest BCUT2D eigenvalue weighted by atomic mass is 32.2. The minimum Gasteiger partial charge on any atom is -0.230 e. The van der Waals surface area contributed by atoms with Crippen LogP contribution in [0.1, 0.15) is 51.9 Å². The maximum atomic E-state index is 10.9. The van der Waals surface area contributed by atoms with Gasteiger partial charge < -0.3 is 0 Å². The van der Waals surface area contributed by atoms with Gasteiger partial charge in [-0.25, -0.2) is 4.21 Å². The van der Waals surface area contributed by atoms with Gasteiger partial charge in [-0.1, -0.05) is 39.0 Å². The molecule has 0 aromatic rings. The van der Waals surface area contributed by atoms with Gasteiger partial charge >= 0.3 is 0 Å². The third kappa shape index (κ3) is 4.70. The van der Waals surface area contributed by atoms with Crippen molar-refractivity contribution in [3.8, 4) is 0 Å². The summed E-state index contributed by atoms with van der Waals surface area (Å²) in [5.41, 5.74) is 1.01. The summed E-state index contributed by atoms with van der Waals surface area (Å²) in [6.07, 6.45) is 10.7. The lowest BCUT2D eigenvalue weighted by Crippen LogP contribution is -1.90. The molecule has 14 heavy (non-hydrogen) atoms. The van der Waals surface area contributed by atoms with Crippen molar-refractivity contribution in [1.82, 2.24) is 0 Å². The van der Waals surface area contributed by atoms with Crippen molar-refractivity contribution in [1.29, 1.82) is 0 Å². The maximum Gasteiger partial charge on any atom is 0.165 e. The van der Waals surface area contributed by atoms with Crippen LogP contribution in [0.5, 0.6) is 0 Å². The Morgan fingerprint density at radius 2 is 1.93 bits per heavy atom. The number of unbranched alkanes of at least 4 members (excludes halogenated alkanes) is 5. The monoisotopic (exact) mass is 213 g/mol. The zero-order chi connectivity index (χ0) is 10.2. The molecule has 0 aromatic carbocycles. The summed E-state index contributed by atoms with van der Waals surface area (Å²) < 4.78 is 14.9. The van der Waals surface area contributed by atoms with Crippen molar-refractivity contribution in [3.05, 3.63) is 11.5 Å². The first-order chi connectivity index (χ1) is 6.83. The minimum atomic E-state index is -1.06. The summed E-state index contributed by atoms with van der Waals surface area (Å²) >= 11 is 0. The lowest BCUT2D eigenvalue weighted by atomic mass is 10.1. The molecule has 1 rings (SSSR count). The highest BCUT2D eigenvalue weighted by Crippen LogP contribution is 2.10. The Balaban J connectivity index is 1.97. The normalized spacial score (nSPS) is 20.1. The number of nitrogens with zero attached hydrogens (tertiary/aromatic N) is 1. The number of hydrogen-bond donors (Lipinski definition) is 0. The molecule has 1 aliphatic rings. The van der Waals surface area contributed by atoms with Crippen LogP contribution in [0, 0.1) is 0 Å². The average Bonchev–Trinajstić information content (AvgIpc) is 2.58. The zero-order valence-electron chi connectivity index (χ0n) is 8.87. The fourth-order valence-electron chi connectivity index (χ4n) is 1.53. The molecule has 80 valence electrons. The minimum absolute atomic E-state index is 0.994. The van der Waals surface area contributed by atoms with Crippen LogP contribution in [0.4, 0.5) is 0 Å². The smallest absolute Gasteiger partial charge is 0.165 e. The Labute approximate surface area is 89.1 Å². The van der Waals surface area contributed by atoms with Gasteiger partial charge in [0.2, 0.25) is 0 Å². The molecular weight excluding hydrogens is 194 g/mol. The van der Waals surface area contributed by atoms with Gasteiger partial charge in [-0.15, -0.1) is 0 Å². The first kappa shape index (κ1) is 11.6. The molecular formula is C11H19NOS. The summed E-state index contributed by atoms with van der Waals surface area (Å²) in [5, 5.41) is 1.66. The SMILES string of the molecule is CCCCCCCCC1=NS(=O)C=C1. The highest BCUT2D eigenvalue weighted by molar-refractivity contribution is 7.87. The first-order valence-corrected chi connectivity index (χ1v) is 6.66. The molecule has 3 heteroatoms. The maximum absolute atomic E-state index is 10.9. The van der Waals surface area contributed by atoms with Gasteiger partial charge in [-0.05, 0) is 18.9 Å². The summed E-state index contributed by atoms with van der Waals surface area (Å²) in [5.74, 6) is 0. The lowest BCUT2D eigenvalue weighted by molar-refractivity contribution is 0.616. The van der Waals surface area contributed by atoms with Gasteiger partial charge in [-0.3, -0.25) is 0 Å². The van der Waals surface area contributed by atoms with E-state index in [9.17, 15) is 4.21 Å². The van der Waals surface area contributed by atoms with E-state index in [0.717, 1.165) is 12.1 Å². The zero-order valence-corrected chi connectivity index (χ0v) is 9.68. The molecule has 0 saturated heterocycles. The molecule has 0 saturated carbocycles.